The summed E-state index contributed by atoms with van der Waals surface area (Å²) in [5, 5.41) is 3.93. The van der Waals surface area contributed by atoms with Gasteiger partial charge in [-0.05, 0) is 63.3 Å². The topological polar surface area (TPSA) is 21.3 Å². The standard InChI is InChI=1S/C19H37NO/c1-4-7-9-16(6-3)18(20-13-5-2)17-10-14-21-19(15-17)11-8-12-19/h16-18,20H,4-15H2,1-3H3. The Morgan fingerprint density at radius 1 is 1.19 bits per heavy atom. The van der Waals surface area contributed by atoms with Crippen molar-refractivity contribution < 1.29 is 4.74 Å². The van der Waals surface area contributed by atoms with Crippen LogP contribution in [0.1, 0.15) is 85.0 Å². The van der Waals surface area contributed by atoms with Gasteiger partial charge in [0.25, 0.3) is 0 Å². The first kappa shape index (κ1) is 17.3. The first-order valence-electron chi connectivity index (χ1n) is 9.62. The van der Waals surface area contributed by atoms with Gasteiger partial charge in [0.05, 0.1) is 5.60 Å². The van der Waals surface area contributed by atoms with Crippen LogP contribution in [0.5, 0.6) is 0 Å². The Morgan fingerprint density at radius 3 is 2.57 bits per heavy atom. The summed E-state index contributed by atoms with van der Waals surface area (Å²) in [6.45, 7) is 9.17. The van der Waals surface area contributed by atoms with Crippen molar-refractivity contribution in [2.45, 2.75) is 96.6 Å². The lowest BCUT2D eigenvalue weighted by Gasteiger charge is -2.50. The lowest BCUT2D eigenvalue weighted by Crippen LogP contribution is -2.52. The van der Waals surface area contributed by atoms with Crippen molar-refractivity contribution in [2.24, 2.45) is 11.8 Å². The maximum absolute atomic E-state index is 6.15. The zero-order chi connectivity index (χ0) is 15.1. The number of hydrogen-bond acceptors (Lipinski definition) is 2. The Bertz CT molecular complexity index is 287. The van der Waals surface area contributed by atoms with Gasteiger partial charge in [-0.15, -0.1) is 0 Å². The van der Waals surface area contributed by atoms with Crippen molar-refractivity contribution in [1.82, 2.24) is 5.32 Å². The Kier molecular flexibility index (Phi) is 7.01. The molecule has 3 unspecified atom stereocenters. The fourth-order valence-corrected chi connectivity index (χ4v) is 4.42. The number of ether oxygens (including phenoxy) is 1. The fraction of sp³-hybridized carbons (Fsp3) is 1.00. The van der Waals surface area contributed by atoms with Gasteiger partial charge < -0.3 is 10.1 Å². The van der Waals surface area contributed by atoms with Gasteiger partial charge in [0, 0.05) is 12.6 Å². The third-order valence-electron chi connectivity index (χ3n) is 5.89. The molecule has 2 fully saturated rings. The molecule has 2 heteroatoms. The van der Waals surface area contributed by atoms with E-state index in [9.17, 15) is 0 Å². The van der Waals surface area contributed by atoms with Crippen LogP contribution < -0.4 is 5.32 Å². The normalized spacial score (nSPS) is 27.3. The molecular weight excluding hydrogens is 258 g/mol. The quantitative estimate of drug-likeness (QED) is 0.652. The van der Waals surface area contributed by atoms with Crippen LogP contribution in [0.4, 0.5) is 0 Å². The van der Waals surface area contributed by atoms with Crippen LogP contribution in [0.15, 0.2) is 0 Å². The number of nitrogens with one attached hydrogen (secondary N) is 1. The fourth-order valence-electron chi connectivity index (χ4n) is 4.42. The highest BCUT2D eigenvalue weighted by molar-refractivity contribution is 4.97. The molecular formula is C19H37NO. The second-order valence-electron chi connectivity index (χ2n) is 7.43. The van der Waals surface area contributed by atoms with Crippen LogP contribution in [0.25, 0.3) is 0 Å². The molecule has 1 heterocycles. The number of hydrogen-bond donors (Lipinski definition) is 1. The van der Waals surface area contributed by atoms with Crippen molar-refractivity contribution in [3.05, 3.63) is 0 Å². The van der Waals surface area contributed by atoms with E-state index in [2.05, 4.69) is 26.1 Å². The average molecular weight is 296 g/mol. The maximum Gasteiger partial charge on any atom is 0.0685 e. The molecule has 3 atom stereocenters. The van der Waals surface area contributed by atoms with Crippen molar-refractivity contribution in [3.63, 3.8) is 0 Å². The molecule has 0 radical (unpaired) electrons. The lowest BCUT2D eigenvalue weighted by molar-refractivity contribution is -0.149. The predicted molar refractivity (Wildman–Crippen MR) is 90.6 cm³/mol. The highest BCUT2D eigenvalue weighted by Gasteiger charge is 2.45. The van der Waals surface area contributed by atoms with Gasteiger partial charge in [-0.25, -0.2) is 0 Å². The molecule has 2 nitrogen and oxygen atoms in total. The maximum atomic E-state index is 6.15. The number of rotatable bonds is 9. The van der Waals surface area contributed by atoms with Gasteiger partial charge in [0.1, 0.15) is 0 Å². The first-order chi connectivity index (χ1) is 10.2. The van der Waals surface area contributed by atoms with E-state index in [0.717, 1.165) is 24.5 Å². The van der Waals surface area contributed by atoms with Crippen LogP contribution in [0.3, 0.4) is 0 Å². The predicted octanol–water partition coefficient (Wildman–Crippen LogP) is 4.92. The Morgan fingerprint density at radius 2 is 2.00 bits per heavy atom. The van der Waals surface area contributed by atoms with Gasteiger partial charge in [-0.3, -0.25) is 0 Å². The van der Waals surface area contributed by atoms with Crippen molar-refractivity contribution >= 4 is 0 Å². The molecule has 0 aromatic heterocycles. The average Bonchev–Trinajstić information content (AvgIpc) is 2.49. The van der Waals surface area contributed by atoms with E-state index in [4.69, 9.17) is 4.74 Å². The number of unbranched alkanes of at least 4 members (excludes halogenated alkanes) is 1. The second-order valence-corrected chi connectivity index (χ2v) is 7.43. The second kappa shape index (κ2) is 8.53. The zero-order valence-electron chi connectivity index (χ0n) is 14.6. The van der Waals surface area contributed by atoms with E-state index in [1.54, 1.807) is 0 Å². The molecule has 0 bridgehead atoms. The summed E-state index contributed by atoms with van der Waals surface area (Å²) in [4.78, 5) is 0. The zero-order valence-corrected chi connectivity index (χ0v) is 14.6. The monoisotopic (exact) mass is 295 g/mol. The molecule has 1 N–H and O–H groups in total. The van der Waals surface area contributed by atoms with E-state index in [-0.39, 0.29) is 5.60 Å². The summed E-state index contributed by atoms with van der Waals surface area (Å²) in [5.74, 6) is 1.70. The van der Waals surface area contributed by atoms with Gasteiger partial charge in [-0.1, -0.05) is 40.0 Å². The third-order valence-corrected chi connectivity index (χ3v) is 5.89. The summed E-state index contributed by atoms with van der Waals surface area (Å²) in [7, 11) is 0. The first-order valence-corrected chi connectivity index (χ1v) is 9.62. The Hall–Kier alpha value is -0.0800. The van der Waals surface area contributed by atoms with Crippen molar-refractivity contribution in [2.75, 3.05) is 13.2 Å². The van der Waals surface area contributed by atoms with E-state index < -0.39 is 0 Å². The van der Waals surface area contributed by atoms with Crippen LogP contribution in [-0.2, 0) is 4.74 Å². The summed E-state index contributed by atoms with van der Waals surface area (Å²) in [5.41, 5.74) is 0.290. The molecule has 1 saturated carbocycles. The van der Waals surface area contributed by atoms with Crippen molar-refractivity contribution in [1.29, 1.82) is 0 Å². The van der Waals surface area contributed by atoms with E-state index in [1.807, 2.05) is 0 Å². The molecule has 0 aromatic rings. The molecule has 124 valence electrons. The van der Waals surface area contributed by atoms with Crippen LogP contribution in [0.2, 0.25) is 0 Å². The minimum Gasteiger partial charge on any atom is -0.375 e. The molecule has 1 spiro atoms. The summed E-state index contributed by atoms with van der Waals surface area (Å²) >= 11 is 0. The summed E-state index contributed by atoms with van der Waals surface area (Å²) in [6, 6.07) is 0.725. The molecule has 2 rings (SSSR count). The molecule has 1 saturated heterocycles. The molecule has 0 amide bonds. The SMILES string of the molecule is CCCCC(CC)C(NCCC)C1CCOC2(CCC2)C1. The Balaban J connectivity index is 1.98. The van der Waals surface area contributed by atoms with E-state index in [0.29, 0.717) is 0 Å². The molecule has 1 aliphatic heterocycles. The molecule has 2 aliphatic rings. The molecule has 1 aliphatic carbocycles. The van der Waals surface area contributed by atoms with Gasteiger partial charge >= 0.3 is 0 Å². The smallest absolute Gasteiger partial charge is 0.0685 e. The molecule has 0 aromatic carbocycles. The Labute approximate surface area is 132 Å². The minimum absolute atomic E-state index is 0.290. The third kappa shape index (κ3) is 4.45. The highest BCUT2D eigenvalue weighted by atomic mass is 16.5. The van der Waals surface area contributed by atoms with Crippen molar-refractivity contribution in [3.8, 4) is 0 Å². The van der Waals surface area contributed by atoms with Gasteiger partial charge in [0.15, 0.2) is 0 Å². The van der Waals surface area contributed by atoms with Crippen LogP contribution in [0, 0.1) is 11.8 Å². The summed E-state index contributed by atoms with van der Waals surface area (Å²) in [6.07, 6.45) is 13.3. The van der Waals surface area contributed by atoms with Gasteiger partial charge in [0.2, 0.25) is 0 Å². The summed E-state index contributed by atoms with van der Waals surface area (Å²) < 4.78 is 6.15. The largest absolute Gasteiger partial charge is 0.375 e. The lowest BCUT2D eigenvalue weighted by atomic mass is 9.68. The van der Waals surface area contributed by atoms with Crippen LogP contribution in [-0.4, -0.2) is 24.8 Å². The van der Waals surface area contributed by atoms with Gasteiger partial charge in [-0.2, -0.15) is 0 Å². The minimum atomic E-state index is 0.290. The van der Waals surface area contributed by atoms with Crippen LogP contribution >= 0.6 is 0 Å². The molecule has 21 heavy (non-hydrogen) atoms. The van der Waals surface area contributed by atoms with E-state index >= 15 is 0 Å². The van der Waals surface area contributed by atoms with E-state index in [1.165, 1.54) is 70.8 Å². The highest BCUT2D eigenvalue weighted by Crippen LogP contribution is 2.46.